The van der Waals surface area contributed by atoms with Crippen LogP contribution < -0.4 is 15.8 Å². The molecule has 3 N–H and O–H groups in total. The molecule has 5 heterocycles. The van der Waals surface area contributed by atoms with Crippen molar-refractivity contribution in [1.29, 1.82) is 0 Å². The number of piperazine rings is 1. The van der Waals surface area contributed by atoms with E-state index in [1.165, 1.54) is 26.1 Å². The molecule has 10 nitrogen and oxygen atoms in total. The van der Waals surface area contributed by atoms with Crippen molar-refractivity contribution in [2.75, 3.05) is 51.7 Å². The van der Waals surface area contributed by atoms with E-state index in [0.717, 1.165) is 58.4 Å². The Morgan fingerprint density at radius 1 is 1.12 bits per heavy atom. The second-order valence-electron chi connectivity index (χ2n) is 10.2. The number of nitrogens with zero attached hydrogens (tertiary/aromatic N) is 7. The van der Waals surface area contributed by atoms with Crippen molar-refractivity contribution in [2.45, 2.75) is 19.0 Å². The van der Waals surface area contributed by atoms with Crippen LogP contribution in [0.2, 0.25) is 0 Å². The van der Waals surface area contributed by atoms with Crippen LogP contribution in [0.5, 0.6) is 5.75 Å². The van der Waals surface area contributed by atoms with Crippen molar-refractivity contribution < 1.29 is 4.74 Å². The van der Waals surface area contributed by atoms with Gasteiger partial charge < -0.3 is 20.7 Å². The molecule has 2 fully saturated rings. The third kappa shape index (κ3) is 5.68. The van der Waals surface area contributed by atoms with Crippen LogP contribution in [0.4, 0.5) is 5.82 Å². The number of allylic oxidation sites excluding steroid dienone is 1. The first-order chi connectivity index (χ1) is 19.7. The number of nitrogens with two attached hydrogens (primary N) is 1. The molecule has 0 radical (unpaired) electrons. The van der Waals surface area contributed by atoms with Gasteiger partial charge in [-0.15, -0.1) is 0 Å². The second-order valence-corrected chi connectivity index (χ2v) is 10.2. The smallest absolute Gasteiger partial charge is 0.140 e. The van der Waals surface area contributed by atoms with Gasteiger partial charge in [-0.05, 0) is 30.2 Å². The lowest BCUT2D eigenvalue weighted by Gasteiger charge is -2.34. The Balaban J connectivity index is 1.08. The predicted octanol–water partition coefficient (Wildman–Crippen LogP) is 3.17. The highest BCUT2D eigenvalue weighted by Gasteiger charge is 2.31. The molecule has 0 amide bonds. The number of nitrogens with one attached hydrogen (secondary N) is 1. The van der Waals surface area contributed by atoms with Crippen LogP contribution in [0, 0.1) is 0 Å². The summed E-state index contributed by atoms with van der Waals surface area (Å²) in [4.78, 5) is 22.7. The number of benzene rings is 1. The number of pyridine rings is 1. The Kier molecular flexibility index (Phi) is 7.69. The number of imidazole rings is 1. The molecule has 2 aliphatic heterocycles. The van der Waals surface area contributed by atoms with Crippen LogP contribution in [0.1, 0.15) is 17.5 Å². The van der Waals surface area contributed by atoms with E-state index in [0.29, 0.717) is 19.2 Å². The highest BCUT2D eigenvalue weighted by Crippen LogP contribution is 2.24. The molecule has 0 saturated carbocycles. The van der Waals surface area contributed by atoms with Crippen LogP contribution in [-0.2, 0) is 6.54 Å². The maximum atomic E-state index is 6.11. The van der Waals surface area contributed by atoms with E-state index >= 15 is 0 Å². The summed E-state index contributed by atoms with van der Waals surface area (Å²) >= 11 is 0. The topological polar surface area (TPSA) is 109 Å². The minimum absolute atomic E-state index is 0.630. The lowest BCUT2D eigenvalue weighted by Crippen LogP contribution is -2.47. The third-order valence-electron chi connectivity index (χ3n) is 7.74. The Bertz CT molecular complexity index is 1510. The number of ether oxygens (including phenoxy) is 1. The van der Waals surface area contributed by atoms with E-state index in [1.54, 1.807) is 25.8 Å². The van der Waals surface area contributed by atoms with Crippen molar-refractivity contribution in [2.24, 2.45) is 10.7 Å². The van der Waals surface area contributed by atoms with Crippen molar-refractivity contribution in [1.82, 2.24) is 29.2 Å². The van der Waals surface area contributed by atoms with Gasteiger partial charge in [-0.1, -0.05) is 24.3 Å². The van der Waals surface area contributed by atoms with Gasteiger partial charge >= 0.3 is 0 Å². The van der Waals surface area contributed by atoms with E-state index in [-0.39, 0.29) is 0 Å². The normalized spacial score (nSPS) is 19.5. The van der Waals surface area contributed by atoms with Gasteiger partial charge in [0.05, 0.1) is 17.6 Å². The van der Waals surface area contributed by atoms with Crippen LogP contribution in [-0.4, -0.2) is 87.8 Å². The molecule has 3 aromatic heterocycles. The van der Waals surface area contributed by atoms with Gasteiger partial charge in [-0.2, -0.15) is 0 Å². The number of fused-ring (bicyclic) bond motifs is 3. The molecule has 2 atom stereocenters. The quantitative estimate of drug-likeness (QED) is 0.297. The summed E-state index contributed by atoms with van der Waals surface area (Å²) in [7, 11) is 1.73. The fourth-order valence-corrected chi connectivity index (χ4v) is 5.54. The van der Waals surface area contributed by atoms with Crippen LogP contribution in [0.15, 0.2) is 72.4 Å². The van der Waals surface area contributed by atoms with E-state index in [9.17, 15) is 0 Å². The van der Waals surface area contributed by atoms with Gasteiger partial charge in [0.1, 0.15) is 30.1 Å². The number of rotatable bonds is 10. The van der Waals surface area contributed by atoms with Gasteiger partial charge in [0.15, 0.2) is 0 Å². The summed E-state index contributed by atoms with van der Waals surface area (Å²) in [5.74, 6) is 1.58. The first-order valence-electron chi connectivity index (χ1n) is 13.8. The largest absolute Gasteiger partial charge is 0.492 e. The standard InChI is InChI=1S/C30H35N9O/c1-32-18-24(16-31)23-4-2-22(3-5-23)17-33-29-15-27(35-21-36-29)28-19-34-30-14-26(7-9-39(28)30)40-13-12-38-11-10-37-8-6-25(38)20-37/h2-5,7,9,14-16,18-19,21,25H,6,8,10-13,17,20,31H2,1H3,(H,33,35,36). The maximum Gasteiger partial charge on any atom is 0.140 e. The van der Waals surface area contributed by atoms with Crippen molar-refractivity contribution in [3.05, 3.63) is 78.5 Å². The minimum atomic E-state index is 0.630. The summed E-state index contributed by atoms with van der Waals surface area (Å²) in [6.45, 7) is 7.04. The van der Waals surface area contributed by atoms with Crippen LogP contribution in [0.25, 0.3) is 22.6 Å². The van der Waals surface area contributed by atoms with Gasteiger partial charge in [0, 0.05) is 82.1 Å². The number of hydrogen-bond donors (Lipinski definition) is 2. The summed E-state index contributed by atoms with van der Waals surface area (Å²) in [6.07, 6.45) is 10.00. The fourth-order valence-electron chi connectivity index (χ4n) is 5.54. The highest BCUT2D eigenvalue weighted by atomic mass is 16.5. The molecule has 2 bridgehead atoms. The number of hydrogen-bond acceptors (Lipinski definition) is 9. The van der Waals surface area contributed by atoms with E-state index in [1.807, 2.05) is 47.1 Å². The number of aromatic nitrogens is 4. The van der Waals surface area contributed by atoms with Gasteiger partial charge in [0.2, 0.25) is 0 Å². The van der Waals surface area contributed by atoms with Crippen LogP contribution >= 0.6 is 0 Å². The average Bonchev–Trinajstić information content (AvgIpc) is 3.60. The third-order valence-corrected chi connectivity index (χ3v) is 7.74. The van der Waals surface area contributed by atoms with Crippen LogP contribution in [0.3, 0.4) is 0 Å². The molecular weight excluding hydrogens is 502 g/mol. The number of aliphatic imine (C=N–C) groups is 1. The molecule has 0 aliphatic carbocycles. The Labute approximate surface area is 234 Å². The average molecular weight is 538 g/mol. The molecule has 206 valence electrons. The number of anilines is 1. The summed E-state index contributed by atoms with van der Waals surface area (Å²) < 4.78 is 8.14. The zero-order valence-electron chi connectivity index (χ0n) is 22.8. The lowest BCUT2D eigenvalue weighted by atomic mass is 10.1. The summed E-state index contributed by atoms with van der Waals surface area (Å²) in [5, 5.41) is 3.40. The summed E-state index contributed by atoms with van der Waals surface area (Å²) in [5.41, 5.74) is 11.3. The molecule has 10 heteroatoms. The molecule has 2 saturated heterocycles. The molecule has 2 aliphatic rings. The Morgan fingerprint density at radius 2 is 2.02 bits per heavy atom. The monoisotopic (exact) mass is 537 g/mol. The van der Waals surface area contributed by atoms with E-state index in [2.05, 4.69) is 47.2 Å². The fraction of sp³-hybridized carbons (Fsp3) is 0.333. The van der Waals surface area contributed by atoms with E-state index < -0.39 is 0 Å². The maximum absolute atomic E-state index is 6.11. The van der Waals surface area contributed by atoms with Gasteiger partial charge in [-0.25, -0.2) is 15.0 Å². The molecule has 2 unspecified atom stereocenters. The summed E-state index contributed by atoms with van der Waals surface area (Å²) in [6, 6.07) is 14.8. The van der Waals surface area contributed by atoms with Gasteiger partial charge in [-0.3, -0.25) is 14.3 Å². The Hall–Kier alpha value is -4.28. The minimum Gasteiger partial charge on any atom is -0.492 e. The van der Waals surface area contributed by atoms with Crippen molar-refractivity contribution in [3.63, 3.8) is 0 Å². The molecule has 0 spiro atoms. The first kappa shape index (κ1) is 26.0. The zero-order valence-corrected chi connectivity index (χ0v) is 22.8. The Morgan fingerprint density at radius 3 is 2.88 bits per heavy atom. The molecule has 40 heavy (non-hydrogen) atoms. The molecular formula is C30H35N9O. The van der Waals surface area contributed by atoms with E-state index in [4.69, 9.17) is 10.5 Å². The lowest BCUT2D eigenvalue weighted by molar-refractivity contribution is 0.115. The van der Waals surface area contributed by atoms with Gasteiger partial charge in [0.25, 0.3) is 0 Å². The second kappa shape index (κ2) is 11.8. The predicted molar refractivity (Wildman–Crippen MR) is 158 cm³/mol. The molecule has 1 aromatic carbocycles. The highest BCUT2D eigenvalue weighted by molar-refractivity contribution is 6.09. The van der Waals surface area contributed by atoms with Crippen molar-refractivity contribution >= 4 is 23.3 Å². The SMILES string of the molecule is CN=CC(=CN)c1ccc(CNc2cc(-c3cnc4cc(OCCN5CCN6CCC5C6)ccn34)ncn2)cc1. The molecule has 6 rings (SSSR count). The first-order valence-corrected chi connectivity index (χ1v) is 13.8. The molecule has 4 aromatic rings. The zero-order chi connectivity index (χ0) is 27.3. The van der Waals surface area contributed by atoms with Crippen molar-refractivity contribution in [3.8, 4) is 17.1 Å².